The Morgan fingerprint density at radius 3 is 2.19 bits per heavy atom. The smallest absolute Gasteiger partial charge is 0.155 e. The molecule has 1 N–H and O–H groups in total. The summed E-state index contributed by atoms with van der Waals surface area (Å²) in [6.07, 6.45) is 2.76. The number of hydrogen-bond donors (Lipinski definition) is 1. The predicted octanol–water partition coefficient (Wildman–Crippen LogP) is 4.65. The van der Waals surface area contributed by atoms with Gasteiger partial charge in [0.15, 0.2) is 5.78 Å². The molecule has 5 heteroatoms. The Hall–Kier alpha value is -2.62. The number of benzene rings is 2. The number of aromatic nitrogens is 2. The van der Waals surface area contributed by atoms with Crippen LogP contribution in [-0.4, -0.2) is 20.9 Å². The molecule has 3 rings (SSSR count). The van der Waals surface area contributed by atoms with Gasteiger partial charge in [0.05, 0.1) is 11.5 Å². The standard InChI is InChI=1S/C16H11N2.C5H8O2.Ir/c1-3-7-13(8-4-1)15-11-16(18-12-17-15)14-9-5-2-6-10-14;1-4(6)3-5(2)7;/h1-9,11-12H;3,6H,1-2H3;/q-1;;/b;4-3-;. The fourth-order valence-corrected chi connectivity index (χ4v) is 2.12. The van der Waals surface area contributed by atoms with Crippen molar-refractivity contribution in [2.75, 3.05) is 0 Å². The summed E-state index contributed by atoms with van der Waals surface area (Å²) in [7, 11) is 0. The minimum Gasteiger partial charge on any atom is -0.512 e. The zero-order chi connectivity index (χ0) is 18.1. The van der Waals surface area contributed by atoms with Crippen LogP contribution in [0.5, 0.6) is 0 Å². The molecule has 26 heavy (non-hydrogen) atoms. The number of rotatable bonds is 3. The van der Waals surface area contributed by atoms with Gasteiger partial charge in [0.2, 0.25) is 0 Å². The maximum atomic E-state index is 10.0. The van der Waals surface area contributed by atoms with Crippen LogP contribution in [0.3, 0.4) is 0 Å². The Labute approximate surface area is 167 Å². The summed E-state index contributed by atoms with van der Waals surface area (Å²) in [5.41, 5.74) is 3.90. The molecule has 0 saturated carbocycles. The summed E-state index contributed by atoms with van der Waals surface area (Å²) < 4.78 is 0. The van der Waals surface area contributed by atoms with Gasteiger partial charge in [0, 0.05) is 26.2 Å². The first-order valence-electron chi connectivity index (χ1n) is 7.78. The fraction of sp³-hybridized carbons (Fsp3) is 0.0952. The topological polar surface area (TPSA) is 63.1 Å². The van der Waals surface area contributed by atoms with Gasteiger partial charge in [0.25, 0.3) is 0 Å². The van der Waals surface area contributed by atoms with Gasteiger partial charge in [-0.25, -0.2) is 4.98 Å². The van der Waals surface area contributed by atoms with E-state index in [4.69, 9.17) is 5.11 Å². The summed E-state index contributed by atoms with van der Waals surface area (Å²) in [4.78, 5) is 18.6. The van der Waals surface area contributed by atoms with E-state index in [2.05, 4.69) is 16.0 Å². The SMILES string of the molecule is CC(=O)/C=C(/C)O.[Ir].[c-]1ccccc1-c1cc(-c2ccccc2)ncn1. The van der Waals surface area contributed by atoms with Gasteiger partial charge < -0.3 is 5.11 Å². The number of allylic oxidation sites excluding steroid dienone is 2. The van der Waals surface area contributed by atoms with E-state index in [1.807, 2.05) is 60.7 Å². The molecule has 0 unspecified atom stereocenters. The number of hydrogen-bond acceptors (Lipinski definition) is 4. The van der Waals surface area contributed by atoms with Crippen LogP contribution in [-0.2, 0) is 24.9 Å². The van der Waals surface area contributed by atoms with Crippen molar-refractivity contribution in [2.45, 2.75) is 13.8 Å². The molecule has 0 aliphatic carbocycles. The van der Waals surface area contributed by atoms with Crippen molar-refractivity contribution in [1.29, 1.82) is 0 Å². The normalized spacial score (nSPS) is 10.2. The van der Waals surface area contributed by atoms with E-state index in [1.54, 1.807) is 6.33 Å². The molecule has 4 nitrogen and oxygen atoms in total. The molecule has 3 aromatic rings. The number of carbonyl (C=O) groups excluding carboxylic acids is 1. The average molecular weight is 524 g/mol. The Bertz CT molecular complexity index is 791. The van der Waals surface area contributed by atoms with Gasteiger partial charge in [0.1, 0.15) is 6.33 Å². The summed E-state index contributed by atoms with van der Waals surface area (Å²) in [6.45, 7) is 2.85. The monoisotopic (exact) mass is 524 g/mol. The number of ketones is 1. The zero-order valence-corrected chi connectivity index (χ0v) is 16.9. The van der Waals surface area contributed by atoms with Crippen LogP contribution in [0.4, 0.5) is 0 Å². The number of carbonyl (C=O) groups is 1. The Balaban J connectivity index is 0.000000366. The van der Waals surface area contributed by atoms with Gasteiger partial charge in [-0.2, -0.15) is 0 Å². The molecule has 0 saturated heterocycles. The summed E-state index contributed by atoms with van der Waals surface area (Å²) >= 11 is 0. The fourth-order valence-electron chi connectivity index (χ4n) is 2.12. The van der Waals surface area contributed by atoms with Crippen LogP contribution < -0.4 is 0 Å². The maximum Gasteiger partial charge on any atom is 0.155 e. The van der Waals surface area contributed by atoms with E-state index in [0.29, 0.717) is 0 Å². The molecular formula is C21H19IrN2O2-. The molecule has 1 aromatic heterocycles. The predicted molar refractivity (Wildman–Crippen MR) is 98.8 cm³/mol. The first-order valence-corrected chi connectivity index (χ1v) is 7.78. The molecule has 1 radical (unpaired) electrons. The first-order chi connectivity index (χ1) is 12.1. The average Bonchev–Trinajstić information content (AvgIpc) is 2.63. The van der Waals surface area contributed by atoms with E-state index in [0.717, 1.165) is 22.5 Å². The molecule has 1 heterocycles. The second-order valence-electron chi connectivity index (χ2n) is 5.33. The molecule has 0 bridgehead atoms. The minimum atomic E-state index is -0.125. The van der Waals surface area contributed by atoms with Crippen molar-refractivity contribution in [1.82, 2.24) is 9.97 Å². The van der Waals surface area contributed by atoms with Gasteiger partial charge in [-0.15, -0.1) is 35.9 Å². The third-order valence-corrected chi connectivity index (χ3v) is 3.13. The van der Waals surface area contributed by atoms with E-state index in [-0.39, 0.29) is 31.6 Å². The molecular weight excluding hydrogens is 504 g/mol. The third kappa shape index (κ3) is 7.09. The Kier molecular flexibility index (Phi) is 9.13. The van der Waals surface area contributed by atoms with E-state index in [9.17, 15) is 4.79 Å². The number of aliphatic hydroxyl groups excluding tert-OH is 1. The van der Waals surface area contributed by atoms with Crippen molar-refractivity contribution in [3.8, 4) is 22.5 Å². The second kappa shape index (κ2) is 11.1. The molecule has 0 spiro atoms. The summed E-state index contributed by atoms with van der Waals surface area (Å²) in [5, 5.41) is 8.36. The summed E-state index contributed by atoms with van der Waals surface area (Å²) in [6, 6.07) is 23.1. The molecule has 135 valence electrons. The van der Waals surface area contributed by atoms with Crippen LogP contribution in [0.2, 0.25) is 0 Å². The minimum absolute atomic E-state index is 0. The second-order valence-corrected chi connectivity index (χ2v) is 5.33. The van der Waals surface area contributed by atoms with Crippen LogP contribution >= 0.6 is 0 Å². The molecule has 0 fully saturated rings. The number of aliphatic hydroxyl groups is 1. The van der Waals surface area contributed by atoms with Gasteiger partial charge in [-0.1, -0.05) is 36.4 Å². The Morgan fingerprint density at radius 2 is 1.65 bits per heavy atom. The van der Waals surface area contributed by atoms with Crippen LogP contribution in [0.15, 0.2) is 78.8 Å². The quantitative estimate of drug-likeness (QED) is 0.309. The van der Waals surface area contributed by atoms with Crippen molar-refractivity contribution < 1.29 is 30.0 Å². The van der Waals surface area contributed by atoms with E-state index in [1.165, 1.54) is 19.9 Å². The van der Waals surface area contributed by atoms with E-state index >= 15 is 0 Å². The van der Waals surface area contributed by atoms with Crippen molar-refractivity contribution in [2.24, 2.45) is 0 Å². The molecule has 0 amide bonds. The van der Waals surface area contributed by atoms with Crippen molar-refractivity contribution in [3.05, 3.63) is 84.9 Å². The van der Waals surface area contributed by atoms with E-state index < -0.39 is 0 Å². The van der Waals surface area contributed by atoms with Crippen LogP contribution in [0.1, 0.15) is 13.8 Å². The Morgan fingerprint density at radius 1 is 1.00 bits per heavy atom. The number of nitrogens with zero attached hydrogens (tertiary/aromatic N) is 2. The van der Waals surface area contributed by atoms with Crippen LogP contribution in [0.25, 0.3) is 22.5 Å². The van der Waals surface area contributed by atoms with Crippen molar-refractivity contribution in [3.63, 3.8) is 0 Å². The van der Waals surface area contributed by atoms with Crippen molar-refractivity contribution >= 4 is 5.78 Å². The first kappa shape index (κ1) is 21.4. The zero-order valence-electron chi connectivity index (χ0n) is 14.5. The van der Waals surface area contributed by atoms with Gasteiger partial charge >= 0.3 is 0 Å². The van der Waals surface area contributed by atoms with Gasteiger partial charge in [-0.3, -0.25) is 9.78 Å². The van der Waals surface area contributed by atoms with Crippen LogP contribution in [0, 0.1) is 6.07 Å². The molecule has 0 aliphatic rings. The molecule has 0 aliphatic heterocycles. The molecule has 0 atom stereocenters. The maximum absolute atomic E-state index is 10.0. The summed E-state index contributed by atoms with van der Waals surface area (Å²) in [5.74, 6) is -0.0625. The largest absolute Gasteiger partial charge is 0.512 e. The molecule has 2 aromatic carbocycles. The third-order valence-electron chi connectivity index (χ3n) is 3.13. The van der Waals surface area contributed by atoms with Gasteiger partial charge in [-0.05, 0) is 25.1 Å².